The molecule has 7 nitrogen and oxygen atoms in total. The monoisotopic (exact) mass is 741 g/mol. The lowest BCUT2D eigenvalue weighted by Crippen LogP contribution is -2.07. The van der Waals surface area contributed by atoms with Gasteiger partial charge in [-0.15, -0.1) is 0 Å². The van der Waals surface area contributed by atoms with Gasteiger partial charge in [-0.1, -0.05) is 91.0 Å². The Kier molecular flexibility index (Phi) is 7.94. The lowest BCUT2D eigenvalue weighted by Gasteiger charge is -2.20. The van der Waals surface area contributed by atoms with Crippen LogP contribution in [0.25, 0.3) is 93.5 Å². The molecule has 7 aromatic carbocycles. The SMILES string of the molecule is [C-]#[N+]c1cccc(-c2ccc3c4ccccc4n(-c4cc(C#N)cc(-n5c6ccccc6c6ccc(-c7cccc(C#N)c7)cc65)c4-c4nc(C)cc(C)n4)c3c2)c1. The first-order valence-electron chi connectivity index (χ1n) is 18.9. The number of fused-ring (bicyclic) bond motifs is 6. The molecule has 0 radical (unpaired) electrons. The minimum Gasteiger partial charge on any atom is -0.308 e. The zero-order valence-electron chi connectivity index (χ0n) is 31.6. The van der Waals surface area contributed by atoms with Gasteiger partial charge in [0.25, 0.3) is 0 Å². The van der Waals surface area contributed by atoms with E-state index in [1.807, 2.05) is 105 Å². The molecule has 0 fully saturated rings. The van der Waals surface area contributed by atoms with Crippen molar-refractivity contribution in [1.82, 2.24) is 19.1 Å². The van der Waals surface area contributed by atoms with Crippen LogP contribution >= 0.6 is 0 Å². The van der Waals surface area contributed by atoms with Gasteiger partial charge in [0.1, 0.15) is 0 Å². The molecule has 0 aliphatic heterocycles. The molecular formula is C51H31N7. The highest BCUT2D eigenvalue weighted by molar-refractivity contribution is 6.13. The Bertz CT molecular complexity index is 3260. The van der Waals surface area contributed by atoms with Crippen LogP contribution in [-0.2, 0) is 0 Å². The fourth-order valence-corrected chi connectivity index (χ4v) is 8.44. The van der Waals surface area contributed by atoms with E-state index in [0.717, 1.165) is 94.2 Å². The van der Waals surface area contributed by atoms with Gasteiger partial charge in [-0.3, -0.25) is 0 Å². The summed E-state index contributed by atoms with van der Waals surface area (Å²) in [6.45, 7) is 11.6. The second-order valence-corrected chi connectivity index (χ2v) is 14.5. The first-order chi connectivity index (χ1) is 28.4. The van der Waals surface area contributed by atoms with Crippen molar-refractivity contribution < 1.29 is 0 Å². The van der Waals surface area contributed by atoms with Crippen LogP contribution in [-0.4, -0.2) is 19.1 Å². The van der Waals surface area contributed by atoms with Crippen molar-refractivity contribution in [3.05, 3.63) is 186 Å². The molecular weight excluding hydrogens is 711 g/mol. The van der Waals surface area contributed by atoms with Crippen molar-refractivity contribution in [2.75, 3.05) is 0 Å². The Morgan fingerprint density at radius 3 is 1.53 bits per heavy atom. The maximum Gasteiger partial charge on any atom is 0.187 e. The van der Waals surface area contributed by atoms with Crippen LogP contribution in [0.1, 0.15) is 22.5 Å². The molecule has 0 unspecified atom stereocenters. The van der Waals surface area contributed by atoms with Gasteiger partial charge in [0.05, 0.1) is 68.8 Å². The van der Waals surface area contributed by atoms with Crippen LogP contribution in [0.3, 0.4) is 0 Å². The van der Waals surface area contributed by atoms with E-state index in [0.29, 0.717) is 22.6 Å². The molecule has 270 valence electrons. The van der Waals surface area contributed by atoms with Crippen LogP contribution in [0, 0.1) is 43.1 Å². The molecule has 0 saturated carbocycles. The maximum absolute atomic E-state index is 10.8. The zero-order valence-corrected chi connectivity index (χ0v) is 31.6. The summed E-state index contributed by atoms with van der Waals surface area (Å²) < 4.78 is 4.47. The van der Waals surface area contributed by atoms with E-state index >= 15 is 0 Å². The summed E-state index contributed by atoms with van der Waals surface area (Å²) in [4.78, 5) is 13.9. The summed E-state index contributed by atoms with van der Waals surface area (Å²) in [7, 11) is 0. The summed E-state index contributed by atoms with van der Waals surface area (Å²) in [6.07, 6.45) is 0. The number of nitriles is 2. The molecule has 10 aromatic rings. The minimum absolute atomic E-state index is 0.480. The number of para-hydroxylation sites is 2. The van der Waals surface area contributed by atoms with Crippen molar-refractivity contribution in [1.29, 1.82) is 10.5 Å². The van der Waals surface area contributed by atoms with Crippen molar-refractivity contribution in [2.45, 2.75) is 13.8 Å². The molecule has 58 heavy (non-hydrogen) atoms. The van der Waals surface area contributed by atoms with Gasteiger partial charge in [-0.25, -0.2) is 14.8 Å². The molecule has 3 heterocycles. The minimum atomic E-state index is 0.480. The van der Waals surface area contributed by atoms with E-state index in [9.17, 15) is 10.5 Å². The molecule has 0 amide bonds. The van der Waals surface area contributed by atoms with Crippen molar-refractivity contribution >= 4 is 49.3 Å². The third-order valence-electron chi connectivity index (χ3n) is 10.9. The van der Waals surface area contributed by atoms with Crippen molar-refractivity contribution in [3.63, 3.8) is 0 Å². The Hall–Kier alpha value is -8.31. The fraction of sp³-hybridized carbons (Fsp3) is 0.0392. The molecule has 7 heteroatoms. The standard InChI is InChI=1S/C51H31N7/c1-31-22-32(2)56-51(55-31)50-48(57-44-16-6-4-14-40(44)42-20-18-37(27-46(42)57)35-11-8-10-33(23-35)29-52)24-34(30-53)25-49(50)58-45-17-7-5-15-41(45)43-21-19-38(28-47(43)58)36-12-9-13-39(26-36)54-3/h4-28H,1-2H3. The van der Waals surface area contributed by atoms with Crippen molar-refractivity contribution in [3.8, 4) is 57.2 Å². The van der Waals surface area contributed by atoms with E-state index < -0.39 is 0 Å². The third-order valence-corrected chi connectivity index (χ3v) is 10.9. The molecule has 3 aromatic heterocycles. The predicted octanol–water partition coefficient (Wildman–Crippen LogP) is 12.6. The largest absolute Gasteiger partial charge is 0.308 e. The first-order valence-corrected chi connectivity index (χ1v) is 18.9. The second-order valence-electron chi connectivity index (χ2n) is 14.5. The van der Waals surface area contributed by atoms with Gasteiger partial charge in [0.2, 0.25) is 0 Å². The quantitative estimate of drug-likeness (QED) is 0.164. The van der Waals surface area contributed by atoms with E-state index in [1.165, 1.54) is 0 Å². The van der Waals surface area contributed by atoms with Crippen LogP contribution in [0.15, 0.2) is 152 Å². The smallest absolute Gasteiger partial charge is 0.187 e. The van der Waals surface area contributed by atoms with Gasteiger partial charge >= 0.3 is 0 Å². The van der Waals surface area contributed by atoms with Gasteiger partial charge in [0, 0.05) is 32.9 Å². The lowest BCUT2D eigenvalue weighted by atomic mass is 10.0. The normalized spacial score (nSPS) is 11.2. The number of hydrogen-bond acceptors (Lipinski definition) is 4. The second kappa shape index (κ2) is 13.5. The predicted molar refractivity (Wildman–Crippen MR) is 232 cm³/mol. The number of hydrogen-bond donors (Lipinski definition) is 0. The zero-order chi connectivity index (χ0) is 39.5. The fourth-order valence-electron chi connectivity index (χ4n) is 8.44. The van der Waals surface area contributed by atoms with Crippen molar-refractivity contribution in [2.24, 2.45) is 0 Å². The average Bonchev–Trinajstić information content (AvgIpc) is 3.77. The summed E-state index contributed by atoms with van der Waals surface area (Å²) in [5.74, 6) is 0.544. The van der Waals surface area contributed by atoms with E-state index in [4.69, 9.17) is 16.5 Å². The summed E-state index contributed by atoms with van der Waals surface area (Å²) >= 11 is 0. The number of benzene rings is 7. The Morgan fingerprint density at radius 2 is 0.983 bits per heavy atom. The van der Waals surface area contributed by atoms with Crippen LogP contribution < -0.4 is 0 Å². The third kappa shape index (κ3) is 5.48. The van der Waals surface area contributed by atoms with E-state index in [-0.39, 0.29) is 0 Å². The summed E-state index contributed by atoms with van der Waals surface area (Å²) in [5, 5.41) is 24.8. The summed E-state index contributed by atoms with van der Waals surface area (Å²) in [6, 6.07) is 55.5. The van der Waals surface area contributed by atoms with Crippen LogP contribution in [0.2, 0.25) is 0 Å². The maximum atomic E-state index is 10.8. The van der Waals surface area contributed by atoms with Gasteiger partial charge in [0.15, 0.2) is 11.5 Å². The van der Waals surface area contributed by atoms with E-state index in [2.05, 4.69) is 86.8 Å². The number of rotatable bonds is 5. The van der Waals surface area contributed by atoms with Gasteiger partial charge in [-0.05, 0) is 96.8 Å². The molecule has 0 aliphatic rings. The van der Waals surface area contributed by atoms with Gasteiger partial charge < -0.3 is 9.13 Å². The molecule has 0 atom stereocenters. The molecule has 0 bridgehead atoms. The molecule has 0 aliphatic carbocycles. The number of aromatic nitrogens is 4. The highest BCUT2D eigenvalue weighted by Crippen LogP contribution is 2.43. The first kappa shape index (κ1) is 34.2. The molecule has 0 N–H and O–H groups in total. The Labute approximate surface area is 334 Å². The van der Waals surface area contributed by atoms with Crippen LogP contribution in [0.5, 0.6) is 0 Å². The average molecular weight is 742 g/mol. The molecule has 0 spiro atoms. The Morgan fingerprint density at radius 1 is 0.483 bits per heavy atom. The lowest BCUT2D eigenvalue weighted by molar-refractivity contribution is 1.04. The topological polar surface area (TPSA) is 87.6 Å². The highest BCUT2D eigenvalue weighted by Gasteiger charge is 2.25. The van der Waals surface area contributed by atoms with Crippen LogP contribution in [0.4, 0.5) is 5.69 Å². The van der Waals surface area contributed by atoms with E-state index in [1.54, 1.807) is 0 Å². The molecule has 10 rings (SSSR count). The van der Waals surface area contributed by atoms with Gasteiger partial charge in [-0.2, -0.15) is 10.5 Å². The number of aryl methyl sites for hydroxylation is 2. The summed E-state index contributed by atoms with van der Waals surface area (Å²) in [5.41, 5.74) is 13.2. The molecule has 0 saturated heterocycles. The highest BCUT2D eigenvalue weighted by atomic mass is 15.0. The number of nitrogens with zero attached hydrogens (tertiary/aromatic N) is 7. The Balaban J connectivity index is 1.36.